The normalized spacial score (nSPS) is 24.3. The maximum atomic E-state index is 11.8. The number of carbonyl (C=O) groups is 4. The van der Waals surface area contributed by atoms with Gasteiger partial charge < -0.3 is 33.9 Å². The first-order valence-corrected chi connectivity index (χ1v) is 9.39. The number of aliphatic carboxylic acids is 1. The quantitative estimate of drug-likeness (QED) is 0.224. The highest BCUT2D eigenvalue weighted by molar-refractivity contribution is 5.75. The van der Waals surface area contributed by atoms with E-state index >= 15 is 0 Å². The number of benzene rings is 1. The fraction of sp³-hybridized carbons (Fsp3) is 0.474. The highest BCUT2D eigenvalue weighted by Gasteiger charge is 2.55. The van der Waals surface area contributed by atoms with E-state index in [1.807, 2.05) is 0 Å². The summed E-state index contributed by atoms with van der Waals surface area (Å²) in [6, 6.07) is 3.43. The van der Waals surface area contributed by atoms with Crippen LogP contribution in [0.25, 0.3) is 0 Å². The maximum absolute atomic E-state index is 11.8. The summed E-state index contributed by atoms with van der Waals surface area (Å²) in [5, 5.41) is 30.2. The van der Waals surface area contributed by atoms with Gasteiger partial charge in [0.05, 0.1) is 11.5 Å². The second-order valence-electron chi connectivity index (χ2n) is 6.82. The third-order valence-corrected chi connectivity index (χ3v) is 4.29. The second kappa shape index (κ2) is 10.7. The molecule has 2 rings (SSSR count). The zero-order valence-electron chi connectivity index (χ0n) is 17.7. The van der Waals surface area contributed by atoms with E-state index in [0.29, 0.717) is 0 Å². The molecule has 1 saturated heterocycles. The molecule has 0 radical (unpaired) electrons. The third-order valence-electron chi connectivity index (χ3n) is 4.29. The molecule has 33 heavy (non-hydrogen) atoms. The summed E-state index contributed by atoms with van der Waals surface area (Å²) < 4.78 is 26.0. The van der Waals surface area contributed by atoms with Crippen molar-refractivity contribution in [3.63, 3.8) is 0 Å². The molecule has 2 N–H and O–H groups in total. The Labute approximate surface area is 186 Å². The number of carbonyl (C=O) groups excluding carboxylic acids is 3. The molecule has 14 heteroatoms. The van der Waals surface area contributed by atoms with Crippen LogP contribution in [0.1, 0.15) is 26.3 Å². The first-order valence-electron chi connectivity index (χ1n) is 9.39. The Morgan fingerprint density at radius 3 is 2.03 bits per heavy atom. The van der Waals surface area contributed by atoms with Crippen LogP contribution in [-0.2, 0) is 44.7 Å². The fourth-order valence-electron chi connectivity index (χ4n) is 3.10. The lowest BCUT2D eigenvalue weighted by molar-refractivity contribution is -0.387. The Kier molecular flexibility index (Phi) is 8.26. The standard InChI is InChI=1S/C19H21NO13/c1-8(22)29-14-15(30-9(2)23)17(31-10(3)24)19(33-16(14)18(25)26)32-13-5-4-11(7-21)6-12(13)20(27)28/h4-6,14-17,19,21H,7H2,1-3H3,(H,25,26)/t14-,15-,16-,17+,19+/m0/s1. The van der Waals surface area contributed by atoms with Gasteiger partial charge in [0.1, 0.15) is 0 Å². The van der Waals surface area contributed by atoms with Gasteiger partial charge in [-0.3, -0.25) is 24.5 Å². The highest BCUT2D eigenvalue weighted by atomic mass is 16.7. The van der Waals surface area contributed by atoms with Crippen LogP contribution in [0, 0.1) is 10.1 Å². The maximum Gasteiger partial charge on any atom is 0.337 e. The van der Waals surface area contributed by atoms with Crippen molar-refractivity contribution < 1.29 is 58.0 Å². The molecule has 0 bridgehead atoms. The molecule has 1 fully saturated rings. The average Bonchev–Trinajstić information content (AvgIpc) is 2.70. The molecule has 1 heterocycles. The molecule has 1 aliphatic heterocycles. The van der Waals surface area contributed by atoms with Crippen LogP contribution in [0.3, 0.4) is 0 Å². The van der Waals surface area contributed by atoms with Crippen molar-refractivity contribution in [2.24, 2.45) is 0 Å². The average molecular weight is 471 g/mol. The van der Waals surface area contributed by atoms with Crippen molar-refractivity contribution in [1.29, 1.82) is 0 Å². The number of aliphatic hydroxyl groups excluding tert-OH is 1. The number of ether oxygens (including phenoxy) is 5. The second-order valence-corrected chi connectivity index (χ2v) is 6.82. The van der Waals surface area contributed by atoms with Gasteiger partial charge in [-0.15, -0.1) is 0 Å². The van der Waals surface area contributed by atoms with Crippen molar-refractivity contribution in [2.45, 2.75) is 58.1 Å². The minimum atomic E-state index is -1.95. The van der Waals surface area contributed by atoms with Crippen molar-refractivity contribution >= 4 is 29.6 Å². The van der Waals surface area contributed by atoms with Gasteiger partial charge in [-0.1, -0.05) is 6.07 Å². The van der Waals surface area contributed by atoms with Gasteiger partial charge >= 0.3 is 29.6 Å². The molecule has 0 spiro atoms. The number of rotatable bonds is 8. The van der Waals surface area contributed by atoms with Gasteiger partial charge in [-0.2, -0.15) is 0 Å². The Hall–Kier alpha value is -3.78. The first kappa shape index (κ1) is 25.5. The summed E-state index contributed by atoms with van der Waals surface area (Å²) in [4.78, 5) is 57.4. The Bertz CT molecular complexity index is 946. The first-order chi connectivity index (χ1) is 15.4. The summed E-state index contributed by atoms with van der Waals surface area (Å²) in [7, 11) is 0. The lowest BCUT2D eigenvalue weighted by Crippen LogP contribution is -2.64. The lowest BCUT2D eigenvalue weighted by Gasteiger charge is -2.42. The van der Waals surface area contributed by atoms with Gasteiger partial charge in [-0.05, 0) is 11.6 Å². The predicted molar refractivity (Wildman–Crippen MR) is 103 cm³/mol. The fourth-order valence-corrected chi connectivity index (χ4v) is 3.10. The summed E-state index contributed by atoms with van der Waals surface area (Å²) in [5.74, 6) is -4.86. The van der Waals surface area contributed by atoms with E-state index in [2.05, 4.69) is 0 Å². The number of hydrogen-bond donors (Lipinski definition) is 2. The van der Waals surface area contributed by atoms with Crippen molar-refractivity contribution in [2.75, 3.05) is 0 Å². The van der Waals surface area contributed by atoms with E-state index in [0.717, 1.165) is 32.9 Å². The van der Waals surface area contributed by atoms with Gasteiger partial charge in [0, 0.05) is 26.8 Å². The van der Waals surface area contributed by atoms with Gasteiger partial charge in [0.15, 0.2) is 24.1 Å². The minimum Gasteiger partial charge on any atom is -0.479 e. The van der Waals surface area contributed by atoms with Crippen LogP contribution in [-0.4, -0.2) is 69.7 Å². The number of aliphatic hydroxyl groups is 1. The molecule has 0 amide bonds. The molecule has 1 aromatic carbocycles. The summed E-state index contributed by atoms with van der Waals surface area (Å²) in [6.45, 7) is 2.44. The summed E-state index contributed by atoms with van der Waals surface area (Å²) in [6.07, 6.45) is -8.88. The van der Waals surface area contributed by atoms with E-state index in [9.17, 15) is 39.5 Å². The molecule has 1 aromatic rings. The molecule has 0 unspecified atom stereocenters. The zero-order chi connectivity index (χ0) is 24.9. The monoisotopic (exact) mass is 471 g/mol. The SMILES string of the molecule is CC(=O)O[C@@H]1[C@@H](OC(C)=O)[C@H](Oc2ccc(CO)cc2[N+](=O)[O-])O[C@H](C(=O)O)[C@H]1OC(C)=O. The van der Waals surface area contributed by atoms with E-state index in [4.69, 9.17) is 23.7 Å². The number of esters is 3. The number of carboxylic acid groups (broad SMARTS) is 1. The van der Waals surface area contributed by atoms with E-state index in [1.165, 1.54) is 6.07 Å². The van der Waals surface area contributed by atoms with Crippen LogP contribution < -0.4 is 4.74 Å². The lowest BCUT2D eigenvalue weighted by atomic mass is 9.97. The van der Waals surface area contributed by atoms with Gasteiger partial charge in [0.2, 0.25) is 12.4 Å². The van der Waals surface area contributed by atoms with E-state index in [-0.39, 0.29) is 5.56 Å². The zero-order valence-corrected chi connectivity index (χ0v) is 17.7. The topological polar surface area (TPSA) is 198 Å². The molecule has 0 saturated carbocycles. The van der Waals surface area contributed by atoms with Crippen molar-refractivity contribution in [3.8, 4) is 5.75 Å². The van der Waals surface area contributed by atoms with Crippen LogP contribution >= 0.6 is 0 Å². The molecule has 1 aliphatic rings. The molecule has 0 aromatic heterocycles. The molecule has 0 aliphatic carbocycles. The largest absolute Gasteiger partial charge is 0.479 e. The third kappa shape index (κ3) is 6.36. The number of nitro groups is 1. The minimum absolute atomic E-state index is 0.186. The number of nitrogens with zero attached hydrogens (tertiary/aromatic N) is 1. The van der Waals surface area contributed by atoms with Crippen molar-refractivity contribution in [1.82, 2.24) is 0 Å². The molecule has 180 valence electrons. The Balaban J connectivity index is 2.56. The summed E-state index contributed by atoms with van der Waals surface area (Å²) >= 11 is 0. The highest BCUT2D eigenvalue weighted by Crippen LogP contribution is 2.34. The van der Waals surface area contributed by atoms with E-state index in [1.54, 1.807) is 0 Å². The summed E-state index contributed by atoms with van der Waals surface area (Å²) in [5.41, 5.74) is -0.420. The smallest absolute Gasteiger partial charge is 0.337 e. The van der Waals surface area contributed by atoms with Crippen LogP contribution in [0.2, 0.25) is 0 Å². The molecule has 14 nitrogen and oxygen atoms in total. The van der Waals surface area contributed by atoms with E-state index < -0.39 is 77.6 Å². The van der Waals surface area contributed by atoms with Crippen LogP contribution in [0.5, 0.6) is 5.75 Å². The van der Waals surface area contributed by atoms with Crippen LogP contribution in [0.15, 0.2) is 18.2 Å². The number of carboxylic acids is 1. The molecular weight excluding hydrogens is 450 g/mol. The van der Waals surface area contributed by atoms with Crippen LogP contribution in [0.4, 0.5) is 5.69 Å². The van der Waals surface area contributed by atoms with Gasteiger partial charge in [-0.25, -0.2) is 4.79 Å². The number of nitro benzene ring substituents is 1. The Morgan fingerprint density at radius 1 is 1.00 bits per heavy atom. The predicted octanol–water partition coefficient (Wildman–Crippen LogP) is 0.0705. The Morgan fingerprint density at radius 2 is 1.55 bits per heavy atom. The number of hydrogen-bond acceptors (Lipinski definition) is 12. The van der Waals surface area contributed by atoms with Crippen molar-refractivity contribution in [3.05, 3.63) is 33.9 Å². The molecule has 5 atom stereocenters. The van der Waals surface area contributed by atoms with Gasteiger partial charge in [0.25, 0.3) is 0 Å². The molecular formula is C19H21NO13.